The summed E-state index contributed by atoms with van der Waals surface area (Å²) in [4.78, 5) is 0. The van der Waals surface area contributed by atoms with Crippen molar-refractivity contribution in [3.05, 3.63) is 36.5 Å². The first kappa shape index (κ1) is 11.2. The predicted molar refractivity (Wildman–Crippen MR) is 60.5 cm³/mol. The van der Waals surface area contributed by atoms with Crippen LogP contribution in [-0.4, -0.2) is 24.4 Å². The van der Waals surface area contributed by atoms with Crippen molar-refractivity contribution in [1.29, 1.82) is 0 Å². The summed E-state index contributed by atoms with van der Waals surface area (Å²) in [6.45, 7) is 0. The molecule has 0 saturated heterocycles. The predicted octanol–water partition coefficient (Wildman–Crippen LogP) is 2.09. The van der Waals surface area contributed by atoms with Gasteiger partial charge in [-0.1, -0.05) is 6.07 Å². The van der Waals surface area contributed by atoms with Gasteiger partial charge in [0.1, 0.15) is 6.20 Å². The van der Waals surface area contributed by atoms with Gasteiger partial charge in [-0.25, -0.2) is 0 Å². The molecule has 1 heterocycles. The number of para-hydroxylation sites is 1. The first-order valence-corrected chi connectivity index (χ1v) is 4.93. The number of nitrogens with zero attached hydrogens (tertiary/aromatic N) is 2. The number of hydrogen-bond donors (Lipinski definition) is 0. The highest BCUT2D eigenvalue weighted by molar-refractivity contribution is 5.52. The van der Waals surface area contributed by atoms with Crippen molar-refractivity contribution in [1.82, 2.24) is 10.2 Å². The summed E-state index contributed by atoms with van der Waals surface area (Å²) in [5.41, 5.74) is 0. The summed E-state index contributed by atoms with van der Waals surface area (Å²) < 4.78 is 16.0. The zero-order valence-corrected chi connectivity index (χ0v) is 9.51. The molecule has 5 heteroatoms. The van der Waals surface area contributed by atoms with Crippen LogP contribution in [0.4, 0.5) is 0 Å². The lowest BCUT2D eigenvalue weighted by atomic mass is 10.3. The molecular weight excluding hydrogens is 220 g/mol. The molecule has 0 fully saturated rings. The highest BCUT2D eigenvalue weighted by atomic mass is 16.5. The summed E-state index contributed by atoms with van der Waals surface area (Å²) in [7, 11) is 3.12. The van der Waals surface area contributed by atoms with Gasteiger partial charge >= 0.3 is 0 Å². The Hall–Kier alpha value is -2.30. The molecule has 2 rings (SSSR count). The van der Waals surface area contributed by atoms with Crippen molar-refractivity contribution in [3.8, 4) is 23.1 Å². The molecule has 1 aromatic heterocycles. The number of rotatable bonds is 4. The summed E-state index contributed by atoms with van der Waals surface area (Å²) in [5, 5.41) is 7.40. The van der Waals surface area contributed by atoms with Crippen LogP contribution in [0.2, 0.25) is 0 Å². The van der Waals surface area contributed by atoms with E-state index in [0.717, 1.165) is 0 Å². The minimum absolute atomic E-state index is 0.353. The van der Waals surface area contributed by atoms with Crippen molar-refractivity contribution in [2.75, 3.05) is 14.2 Å². The summed E-state index contributed by atoms with van der Waals surface area (Å²) in [6, 6.07) is 8.64. The number of hydrogen-bond acceptors (Lipinski definition) is 5. The fraction of sp³-hybridized carbons (Fsp3) is 0.167. The van der Waals surface area contributed by atoms with Crippen LogP contribution in [0, 0.1) is 6.20 Å². The van der Waals surface area contributed by atoms with Gasteiger partial charge in [0.2, 0.25) is 11.6 Å². The van der Waals surface area contributed by atoms with Gasteiger partial charge in [0.05, 0.1) is 14.2 Å². The average molecular weight is 231 g/mol. The molecule has 0 aliphatic rings. The number of methoxy groups -OCH3 is 2. The summed E-state index contributed by atoms with van der Waals surface area (Å²) >= 11 is 0. The Labute approximate surface area is 99.0 Å². The maximum atomic E-state index is 5.58. The third-order valence-corrected chi connectivity index (χ3v) is 2.10. The molecular formula is C12H11N2O3. The maximum absolute atomic E-state index is 5.58. The molecule has 0 aliphatic carbocycles. The van der Waals surface area contributed by atoms with Crippen molar-refractivity contribution >= 4 is 0 Å². The van der Waals surface area contributed by atoms with Crippen molar-refractivity contribution in [2.24, 2.45) is 0 Å². The van der Waals surface area contributed by atoms with Crippen LogP contribution in [0.5, 0.6) is 23.1 Å². The van der Waals surface area contributed by atoms with Gasteiger partial charge in [-0.05, 0) is 18.2 Å². The molecule has 0 atom stereocenters. The zero-order chi connectivity index (χ0) is 12.1. The second-order valence-electron chi connectivity index (χ2n) is 3.09. The van der Waals surface area contributed by atoms with Gasteiger partial charge < -0.3 is 14.2 Å². The zero-order valence-electron chi connectivity index (χ0n) is 9.51. The van der Waals surface area contributed by atoms with Gasteiger partial charge in [0.15, 0.2) is 11.5 Å². The maximum Gasteiger partial charge on any atom is 0.239 e. The second-order valence-corrected chi connectivity index (χ2v) is 3.09. The Bertz CT molecular complexity index is 466. The van der Waals surface area contributed by atoms with Gasteiger partial charge in [-0.2, -0.15) is 0 Å². The van der Waals surface area contributed by atoms with Crippen molar-refractivity contribution in [2.45, 2.75) is 0 Å². The van der Waals surface area contributed by atoms with Crippen LogP contribution in [-0.2, 0) is 0 Å². The van der Waals surface area contributed by atoms with E-state index in [1.54, 1.807) is 38.5 Å². The van der Waals surface area contributed by atoms with E-state index in [9.17, 15) is 0 Å². The minimum Gasteiger partial charge on any atom is -0.493 e. The highest BCUT2D eigenvalue weighted by Crippen LogP contribution is 2.39. The third kappa shape index (κ3) is 2.44. The lowest BCUT2D eigenvalue weighted by Crippen LogP contribution is -1.96. The molecule has 0 bridgehead atoms. The lowest BCUT2D eigenvalue weighted by Gasteiger charge is -2.12. The van der Waals surface area contributed by atoms with E-state index in [4.69, 9.17) is 14.2 Å². The van der Waals surface area contributed by atoms with E-state index in [1.807, 2.05) is 6.07 Å². The Kier molecular flexibility index (Phi) is 3.40. The van der Waals surface area contributed by atoms with Crippen LogP contribution in [0.3, 0.4) is 0 Å². The average Bonchev–Trinajstić information content (AvgIpc) is 2.40. The molecule has 0 amide bonds. The first-order chi connectivity index (χ1) is 8.35. The number of ether oxygens (including phenoxy) is 3. The number of benzene rings is 1. The van der Waals surface area contributed by atoms with E-state index in [2.05, 4.69) is 16.4 Å². The van der Waals surface area contributed by atoms with E-state index >= 15 is 0 Å². The standard InChI is InChI=1S/C12H11N2O3/c1-15-9-5-3-6-10(16-2)12(9)17-11-7-4-8-13-14-11/h3-7H,1-2H3. The van der Waals surface area contributed by atoms with Crippen LogP contribution >= 0.6 is 0 Å². The topological polar surface area (TPSA) is 53.5 Å². The van der Waals surface area contributed by atoms with Crippen molar-refractivity contribution in [3.63, 3.8) is 0 Å². The fourth-order valence-corrected chi connectivity index (χ4v) is 1.33. The van der Waals surface area contributed by atoms with Crippen LogP contribution in [0.15, 0.2) is 30.3 Å². The molecule has 0 unspecified atom stereocenters. The molecule has 87 valence electrons. The van der Waals surface area contributed by atoms with Gasteiger partial charge in [-0.15, -0.1) is 10.2 Å². The molecule has 0 saturated carbocycles. The molecule has 1 aromatic carbocycles. The van der Waals surface area contributed by atoms with E-state index in [-0.39, 0.29) is 0 Å². The molecule has 17 heavy (non-hydrogen) atoms. The Morgan fingerprint density at radius 1 is 1.06 bits per heavy atom. The van der Waals surface area contributed by atoms with Crippen LogP contribution in [0.1, 0.15) is 0 Å². The Morgan fingerprint density at radius 3 is 2.29 bits per heavy atom. The highest BCUT2D eigenvalue weighted by Gasteiger charge is 2.12. The first-order valence-electron chi connectivity index (χ1n) is 4.93. The second kappa shape index (κ2) is 5.16. The molecule has 1 radical (unpaired) electrons. The van der Waals surface area contributed by atoms with Gasteiger partial charge in [-0.3, -0.25) is 0 Å². The van der Waals surface area contributed by atoms with E-state index < -0.39 is 0 Å². The van der Waals surface area contributed by atoms with Crippen LogP contribution < -0.4 is 14.2 Å². The summed E-state index contributed by atoms with van der Waals surface area (Å²) in [6.07, 6.45) is 2.57. The normalized spacial score (nSPS) is 9.76. The van der Waals surface area contributed by atoms with E-state index in [0.29, 0.717) is 23.1 Å². The molecule has 0 spiro atoms. The Morgan fingerprint density at radius 2 is 1.76 bits per heavy atom. The van der Waals surface area contributed by atoms with Crippen molar-refractivity contribution < 1.29 is 14.2 Å². The largest absolute Gasteiger partial charge is 0.493 e. The molecule has 0 aliphatic heterocycles. The van der Waals surface area contributed by atoms with Crippen LogP contribution in [0.25, 0.3) is 0 Å². The smallest absolute Gasteiger partial charge is 0.239 e. The van der Waals surface area contributed by atoms with E-state index in [1.165, 1.54) is 0 Å². The number of aromatic nitrogens is 2. The van der Waals surface area contributed by atoms with Gasteiger partial charge in [0.25, 0.3) is 0 Å². The SMILES string of the molecule is COc1cccc(OC)c1Oc1cc[c]nn1. The molecule has 5 nitrogen and oxygen atoms in total. The third-order valence-electron chi connectivity index (χ3n) is 2.10. The monoisotopic (exact) mass is 231 g/mol. The van der Waals surface area contributed by atoms with Gasteiger partial charge in [0, 0.05) is 6.07 Å². The summed E-state index contributed by atoms with van der Waals surface area (Å²) in [5.74, 6) is 1.96. The minimum atomic E-state index is 0.353. The fourth-order valence-electron chi connectivity index (χ4n) is 1.33. The molecule has 0 N–H and O–H groups in total. The lowest BCUT2D eigenvalue weighted by molar-refractivity contribution is 0.340. The quantitative estimate of drug-likeness (QED) is 0.806. The Balaban J connectivity index is 2.37. The molecule has 2 aromatic rings.